The fraction of sp³-hybridized carbons (Fsp3) is 0.733. The van der Waals surface area contributed by atoms with Gasteiger partial charge in [0.1, 0.15) is 0 Å². The van der Waals surface area contributed by atoms with Crippen molar-refractivity contribution < 1.29 is 9.53 Å². The highest BCUT2D eigenvalue weighted by Crippen LogP contribution is 2.16. The van der Waals surface area contributed by atoms with Gasteiger partial charge >= 0.3 is 6.03 Å². The first-order valence-electron chi connectivity index (χ1n) is 7.77. The monoisotopic (exact) mass is 326 g/mol. The summed E-state index contributed by atoms with van der Waals surface area (Å²) in [5.41, 5.74) is 1.01. The van der Waals surface area contributed by atoms with Gasteiger partial charge in [0, 0.05) is 31.1 Å². The van der Waals surface area contributed by atoms with Crippen LogP contribution in [-0.4, -0.2) is 55.3 Å². The fourth-order valence-electron chi connectivity index (χ4n) is 2.73. The predicted molar refractivity (Wildman–Crippen MR) is 88.3 cm³/mol. The molecule has 1 atom stereocenters. The first-order valence-corrected chi connectivity index (χ1v) is 8.58. The lowest BCUT2D eigenvalue weighted by Gasteiger charge is -2.32. The summed E-state index contributed by atoms with van der Waals surface area (Å²) in [7, 11) is 1.72. The smallest absolute Gasteiger partial charge is 0.315 e. The van der Waals surface area contributed by atoms with E-state index in [0.717, 1.165) is 54.7 Å². The standard InChI is InChI=1S/C15H26N4O2S/c1-11-14(22-12(2)17-11)9-16-15(20)18-13-5-4-6-19(10-13)7-8-21-3/h13H,4-10H2,1-3H3,(H2,16,18,20)/t13-/m1/s1. The molecule has 1 aliphatic rings. The number of carbonyl (C=O) groups excluding carboxylic acids is 1. The number of nitrogens with zero attached hydrogens (tertiary/aromatic N) is 2. The highest BCUT2D eigenvalue weighted by atomic mass is 32.1. The van der Waals surface area contributed by atoms with Crippen LogP contribution in [0.15, 0.2) is 0 Å². The van der Waals surface area contributed by atoms with E-state index in [1.165, 1.54) is 0 Å². The SMILES string of the molecule is COCCN1CCC[C@@H](NC(=O)NCc2sc(C)nc2C)C1. The number of amides is 2. The van der Waals surface area contributed by atoms with E-state index in [0.29, 0.717) is 6.54 Å². The molecule has 124 valence electrons. The molecule has 1 fully saturated rings. The van der Waals surface area contributed by atoms with Gasteiger partial charge in [-0.1, -0.05) is 0 Å². The zero-order valence-corrected chi connectivity index (χ0v) is 14.5. The molecule has 1 aromatic rings. The maximum absolute atomic E-state index is 12.0. The highest BCUT2D eigenvalue weighted by molar-refractivity contribution is 7.11. The first-order chi connectivity index (χ1) is 10.6. The van der Waals surface area contributed by atoms with Crippen molar-refractivity contribution in [2.24, 2.45) is 0 Å². The van der Waals surface area contributed by atoms with Crippen molar-refractivity contribution in [1.82, 2.24) is 20.5 Å². The Kier molecular flexibility index (Phi) is 6.60. The van der Waals surface area contributed by atoms with Crippen molar-refractivity contribution in [3.05, 3.63) is 15.6 Å². The zero-order valence-electron chi connectivity index (χ0n) is 13.6. The van der Waals surface area contributed by atoms with E-state index in [-0.39, 0.29) is 12.1 Å². The molecule has 6 nitrogen and oxygen atoms in total. The summed E-state index contributed by atoms with van der Waals surface area (Å²) in [6.07, 6.45) is 2.15. The third kappa shape index (κ3) is 5.23. The molecule has 22 heavy (non-hydrogen) atoms. The van der Waals surface area contributed by atoms with Gasteiger partial charge in [-0.2, -0.15) is 0 Å². The second-order valence-corrected chi connectivity index (χ2v) is 6.99. The number of urea groups is 1. The van der Waals surface area contributed by atoms with Gasteiger partial charge in [-0.25, -0.2) is 9.78 Å². The number of hydrogen-bond acceptors (Lipinski definition) is 5. The third-order valence-corrected chi connectivity index (χ3v) is 4.93. The van der Waals surface area contributed by atoms with Crippen molar-refractivity contribution in [2.45, 2.75) is 39.3 Å². The molecule has 0 saturated carbocycles. The van der Waals surface area contributed by atoms with Crippen LogP contribution in [-0.2, 0) is 11.3 Å². The number of hydrogen-bond donors (Lipinski definition) is 2. The molecule has 2 heterocycles. The van der Waals surface area contributed by atoms with Crippen molar-refractivity contribution in [3.8, 4) is 0 Å². The number of nitrogens with one attached hydrogen (secondary N) is 2. The summed E-state index contributed by atoms with van der Waals surface area (Å²) in [6.45, 7) is 8.16. The Morgan fingerprint density at radius 1 is 1.50 bits per heavy atom. The number of aromatic nitrogens is 1. The van der Waals surface area contributed by atoms with E-state index in [1.807, 2.05) is 13.8 Å². The van der Waals surface area contributed by atoms with Gasteiger partial charge in [0.2, 0.25) is 0 Å². The van der Waals surface area contributed by atoms with Crippen molar-refractivity contribution in [1.29, 1.82) is 0 Å². The molecule has 0 radical (unpaired) electrons. The second-order valence-electron chi connectivity index (χ2n) is 5.70. The number of carbonyl (C=O) groups is 1. The predicted octanol–water partition coefficient (Wildman–Crippen LogP) is 1.67. The normalized spacial score (nSPS) is 19.1. The average molecular weight is 326 g/mol. The van der Waals surface area contributed by atoms with E-state index < -0.39 is 0 Å². The Bertz CT molecular complexity index is 492. The number of thiazole rings is 1. The van der Waals surface area contributed by atoms with Crippen molar-refractivity contribution in [2.75, 3.05) is 33.4 Å². The molecule has 2 amide bonds. The van der Waals surface area contributed by atoms with E-state index in [2.05, 4.69) is 20.5 Å². The van der Waals surface area contributed by atoms with Gasteiger partial charge in [-0.15, -0.1) is 11.3 Å². The maximum atomic E-state index is 12.0. The molecule has 0 spiro atoms. The van der Waals surface area contributed by atoms with Crippen molar-refractivity contribution in [3.63, 3.8) is 0 Å². The van der Waals surface area contributed by atoms with Gasteiger partial charge in [-0.05, 0) is 33.2 Å². The first kappa shape index (κ1) is 17.2. The van der Waals surface area contributed by atoms with Gasteiger partial charge < -0.3 is 15.4 Å². The molecular weight excluding hydrogens is 300 g/mol. The minimum absolute atomic E-state index is 0.0935. The molecule has 0 bridgehead atoms. The summed E-state index contributed by atoms with van der Waals surface area (Å²) in [6, 6.07) is 0.124. The molecule has 0 aromatic carbocycles. The van der Waals surface area contributed by atoms with Gasteiger partial charge in [-0.3, -0.25) is 4.90 Å². The van der Waals surface area contributed by atoms with Crippen LogP contribution >= 0.6 is 11.3 Å². The number of piperidine rings is 1. The van der Waals surface area contributed by atoms with Gasteiger partial charge in [0.15, 0.2) is 0 Å². The topological polar surface area (TPSA) is 66.5 Å². The highest BCUT2D eigenvalue weighted by Gasteiger charge is 2.21. The third-order valence-electron chi connectivity index (χ3n) is 3.86. The minimum Gasteiger partial charge on any atom is -0.383 e. The lowest BCUT2D eigenvalue weighted by molar-refractivity contribution is 0.123. The fourth-order valence-corrected chi connectivity index (χ4v) is 3.61. The molecule has 2 rings (SSSR count). The molecule has 7 heteroatoms. The van der Waals surface area contributed by atoms with Crippen molar-refractivity contribution >= 4 is 17.4 Å². The average Bonchev–Trinajstić information content (AvgIpc) is 2.81. The van der Waals surface area contributed by atoms with Crippen LogP contribution in [0.25, 0.3) is 0 Å². The molecule has 0 unspecified atom stereocenters. The largest absolute Gasteiger partial charge is 0.383 e. The molecule has 2 N–H and O–H groups in total. The lowest BCUT2D eigenvalue weighted by atomic mass is 10.1. The number of likely N-dealkylation sites (tertiary alicyclic amines) is 1. The Morgan fingerprint density at radius 3 is 3.00 bits per heavy atom. The number of rotatable bonds is 6. The van der Waals surface area contributed by atoms with E-state index >= 15 is 0 Å². The van der Waals surface area contributed by atoms with Crippen LogP contribution < -0.4 is 10.6 Å². The molecular formula is C15H26N4O2S. The zero-order chi connectivity index (χ0) is 15.9. The van der Waals surface area contributed by atoms with Gasteiger partial charge in [0.05, 0.1) is 23.9 Å². The Labute approximate surface area is 136 Å². The summed E-state index contributed by atoms with van der Waals surface area (Å²) in [4.78, 5) is 19.9. The van der Waals surface area contributed by atoms with Crippen LogP contribution in [0, 0.1) is 13.8 Å². The minimum atomic E-state index is -0.0935. The van der Waals surface area contributed by atoms with Crippen LogP contribution in [0.5, 0.6) is 0 Å². The quantitative estimate of drug-likeness (QED) is 0.834. The Balaban J connectivity index is 1.73. The Hall–Kier alpha value is -1.18. The van der Waals surface area contributed by atoms with Gasteiger partial charge in [0.25, 0.3) is 0 Å². The molecule has 1 saturated heterocycles. The second kappa shape index (κ2) is 8.45. The molecule has 1 aromatic heterocycles. The van der Waals surface area contributed by atoms with E-state index in [4.69, 9.17) is 4.74 Å². The summed E-state index contributed by atoms with van der Waals surface area (Å²) in [5, 5.41) is 7.05. The number of ether oxygens (including phenoxy) is 1. The summed E-state index contributed by atoms with van der Waals surface area (Å²) in [5.74, 6) is 0. The molecule has 1 aliphatic heterocycles. The van der Waals surface area contributed by atoms with Crippen LogP contribution in [0.1, 0.15) is 28.4 Å². The van der Waals surface area contributed by atoms with E-state index in [9.17, 15) is 4.79 Å². The number of aryl methyl sites for hydroxylation is 2. The molecule has 0 aliphatic carbocycles. The Morgan fingerprint density at radius 2 is 2.32 bits per heavy atom. The van der Waals surface area contributed by atoms with Crippen LogP contribution in [0.2, 0.25) is 0 Å². The summed E-state index contributed by atoms with van der Waals surface area (Å²) >= 11 is 1.64. The summed E-state index contributed by atoms with van der Waals surface area (Å²) < 4.78 is 5.12. The van der Waals surface area contributed by atoms with Crippen LogP contribution in [0.4, 0.5) is 4.79 Å². The van der Waals surface area contributed by atoms with Crippen LogP contribution in [0.3, 0.4) is 0 Å². The van der Waals surface area contributed by atoms with E-state index in [1.54, 1.807) is 18.4 Å². The lowest BCUT2D eigenvalue weighted by Crippen LogP contribution is -2.50. The maximum Gasteiger partial charge on any atom is 0.315 e. The number of methoxy groups -OCH3 is 1.